The van der Waals surface area contributed by atoms with Gasteiger partial charge in [-0.3, -0.25) is 4.79 Å². The van der Waals surface area contributed by atoms with Crippen LogP contribution in [-0.2, 0) is 4.79 Å². The maximum atomic E-state index is 11.9. The lowest BCUT2D eigenvalue weighted by Crippen LogP contribution is -2.34. The van der Waals surface area contributed by atoms with E-state index >= 15 is 0 Å². The largest absolute Gasteiger partial charge is 0.326 e. The van der Waals surface area contributed by atoms with Crippen LogP contribution in [0.25, 0.3) is 0 Å². The van der Waals surface area contributed by atoms with E-state index in [1.54, 1.807) is 0 Å². The minimum atomic E-state index is 0.159. The van der Waals surface area contributed by atoms with E-state index in [2.05, 4.69) is 10.6 Å². The second kappa shape index (κ2) is 5.12. The molecule has 1 heterocycles. The summed E-state index contributed by atoms with van der Waals surface area (Å²) in [6.07, 6.45) is 1.88. The van der Waals surface area contributed by atoms with Crippen LogP contribution < -0.4 is 10.6 Å². The normalized spacial score (nSPS) is 17.1. The van der Waals surface area contributed by atoms with Gasteiger partial charge in [-0.25, -0.2) is 0 Å². The summed E-state index contributed by atoms with van der Waals surface area (Å²) in [5, 5.41) is 6.25. The first-order chi connectivity index (χ1) is 7.75. The van der Waals surface area contributed by atoms with Crippen molar-refractivity contribution >= 4 is 11.6 Å². The molecule has 1 aliphatic heterocycles. The molecule has 16 heavy (non-hydrogen) atoms. The Morgan fingerprint density at radius 2 is 2.12 bits per heavy atom. The molecule has 2 N–H and O–H groups in total. The van der Waals surface area contributed by atoms with E-state index in [1.807, 2.05) is 31.2 Å². The number of carbonyl (C=O) groups is 1. The van der Waals surface area contributed by atoms with Gasteiger partial charge >= 0.3 is 0 Å². The van der Waals surface area contributed by atoms with Gasteiger partial charge in [0.05, 0.1) is 0 Å². The zero-order chi connectivity index (χ0) is 11.4. The van der Waals surface area contributed by atoms with E-state index < -0.39 is 0 Å². The standard InChI is InChI=1S/C13H18N2O/c1-10-3-2-4-12(9-10)15-13(16)11-5-7-14-8-6-11/h2-4,9,11,14H,5-8H2,1H3,(H,15,16). The summed E-state index contributed by atoms with van der Waals surface area (Å²) in [7, 11) is 0. The zero-order valence-electron chi connectivity index (χ0n) is 9.62. The average molecular weight is 218 g/mol. The molecule has 0 saturated carbocycles. The summed E-state index contributed by atoms with van der Waals surface area (Å²) in [6, 6.07) is 7.93. The molecule has 0 aromatic heterocycles. The van der Waals surface area contributed by atoms with Gasteiger partial charge in [0.2, 0.25) is 5.91 Å². The first-order valence-electron chi connectivity index (χ1n) is 5.84. The molecule has 1 fully saturated rings. The molecule has 1 saturated heterocycles. The molecule has 1 aliphatic rings. The van der Waals surface area contributed by atoms with Crippen LogP contribution in [0.3, 0.4) is 0 Å². The van der Waals surface area contributed by atoms with E-state index in [0.717, 1.165) is 31.6 Å². The Bertz CT molecular complexity index is 370. The molecule has 2 rings (SSSR count). The molecule has 0 spiro atoms. The number of nitrogens with one attached hydrogen (secondary N) is 2. The predicted octanol–water partition coefficient (Wildman–Crippen LogP) is 1.93. The van der Waals surface area contributed by atoms with Crippen molar-refractivity contribution < 1.29 is 4.79 Å². The van der Waals surface area contributed by atoms with Crippen molar-refractivity contribution in [3.8, 4) is 0 Å². The Kier molecular flexibility index (Phi) is 3.57. The van der Waals surface area contributed by atoms with Crippen LogP contribution in [0.15, 0.2) is 24.3 Å². The first-order valence-corrected chi connectivity index (χ1v) is 5.84. The fourth-order valence-electron chi connectivity index (χ4n) is 2.05. The van der Waals surface area contributed by atoms with Gasteiger partial charge in [-0.1, -0.05) is 12.1 Å². The highest BCUT2D eigenvalue weighted by Crippen LogP contribution is 2.16. The van der Waals surface area contributed by atoms with Crippen molar-refractivity contribution in [3.05, 3.63) is 29.8 Å². The van der Waals surface area contributed by atoms with Gasteiger partial charge in [0.15, 0.2) is 0 Å². The van der Waals surface area contributed by atoms with E-state index in [4.69, 9.17) is 0 Å². The highest BCUT2D eigenvalue weighted by atomic mass is 16.1. The van der Waals surface area contributed by atoms with Gasteiger partial charge < -0.3 is 10.6 Å². The lowest BCUT2D eigenvalue weighted by molar-refractivity contribution is -0.120. The van der Waals surface area contributed by atoms with Crippen molar-refractivity contribution in [1.29, 1.82) is 0 Å². The number of carbonyl (C=O) groups excluding carboxylic acids is 1. The predicted molar refractivity (Wildman–Crippen MR) is 65.4 cm³/mol. The minimum absolute atomic E-state index is 0.159. The van der Waals surface area contributed by atoms with Crippen LogP contribution in [-0.4, -0.2) is 19.0 Å². The highest BCUT2D eigenvalue weighted by molar-refractivity contribution is 5.92. The van der Waals surface area contributed by atoms with Crippen molar-refractivity contribution in [2.45, 2.75) is 19.8 Å². The molecule has 0 atom stereocenters. The molecular formula is C13H18N2O. The summed E-state index contributed by atoms with van der Waals surface area (Å²) >= 11 is 0. The Morgan fingerprint density at radius 1 is 1.38 bits per heavy atom. The van der Waals surface area contributed by atoms with Crippen molar-refractivity contribution in [2.75, 3.05) is 18.4 Å². The number of aryl methyl sites for hydroxylation is 1. The summed E-state index contributed by atoms with van der Waals surface area (Å²) in [6.45, 7) is 3.93. The van der Waals surface area contributed by atoms with Gasteiger partial charge in [0.25, 0.3) is 0 Å². The maximum absolute atomic E-state index is 11.9. The number of anilines is 1. The number of benzene rings is 1. The third-order valence-electron chi connectivity index (χ3n) is 3.00. The fraction of sp³-hybridized carbons (Fsp3) is 0.462. The number of hydrogen-bond donors (Lipinski definition) is 2. The second-order valence-corrected chi connectivity index (χ2v) is 4.38. The molecule has 1 amide bonds. The van der Waals surface area contributed by atoms with Crippen LogP contribution in [0.1, 0.15) is 18.4 Å². The molecule has 0 unspecified atom stereocenters. The fourth-order valence-corrected chi connectivity index (χ4v) is 2.05. The van der Waals surface area contributed by atoms with E-state index in [-0.39, 0.29) is 11.8 Å². The molecule has 1 aromatic carbocycles. The van der Waals surface area contributed by atoms with Crippen LogP contribution in [0.2, 0.25) is 0 Å². The van der Waals surface area contributed by atoms with Gasteiger partial charge in [0, 0.05) is 11.6 Å². The Morgan fingerprint density at radius 3 is 2.81 bits per heavy atom. The van der Waals surface area contributed by atoms with Crippen molar-refractivity contribution in [2.24, 2.45) is 5.92 Å². The number of amides is 1. The van der Waals surface area contributed by atoms with E-state index in [1.165, 1.54) is 5.56 Å². The van der Waals surface area contributed by atoms with Crippen LogP contribution in [0, 0.1) is 12.8 Å². The van der Waals surface area contributed by atoms with Crippen LogP contribution in [0.4, 0.5) is 5.69 Å². The molecule has 0 aliphatic carbocycles. The Balaban J connectivity index is 1.96. The second-order valence-electron chi connectivity index (χ2n) is 4.38. The lowest BCUT2D eigenvalue weighted by atomic mass is 9.97. The Hall–Kier alpha value is -1.35. The summed E-state index contributed by atoms with van der Waals surface area (Å²) in [4.78, 5) is 11.9. The third kappa shape index (κ3) is 2.83. The van der Waals surface area contributed by atoms with Crippen LogP contribution in [0.5, 0.6) is 0 Å². The molecular weight excluding hydrogens is 200 g/mol. The summed E-state index contributed by atoms with van der Waals surface area (Å²) < 4.78 is 0. The molecule has 86 valence electrons. The smallest absolute Gasteiger partial charge is 0.227 e. The van der Waals surface area contributed by atoms with Crippen LogP contribution >= 0.6 is 0 Å². The van der Waals surface area contributed by atoms with Gasteiger partial charge in [-0.15, -0.1) is 0 Å². The quantitative estimate of drug-likeness (QED) is 0.796. The molecule has 3 nitrogen and oxygen atoms in total. The monoisotopic (exact) mass is 218 g/mol. The van der Waals surface area contributed by atoms with E-state index in [0.29, 0.717) is 0 Å². The number of piperidine rings is 1. The van der Waals surface area contributed by atoms with E-state index in [9.17, 15) is 4.79 Å². The molecule has 0 radical (unpaired) electrons. The molecule has 1 aromatic rings. The van der Waals surface area contributed by atoms with Crippen molar-refractivity contribution in [1.82, 2.24) is 5.32 Å². The molecule has 3 heteroatoms. The number of hydrogen-bond acceptors (Lipinski definition) is 2. The minimum Gasteiger partial charge on any atom is -0.326 e. The maximum Gasteiger partial charge on any atom is 0.227 e. The summed E-state index contributed by atoms with van der Waals surface area (Å²) in [5.41, 5.74) is 2.08. The lowest BCUT2D eigenvalue weighted by Gasteiger charge is -2.21. The van der Waals surface area contributed by atoms with Gasteiger partial charge in [0.1, 0.15) is 0 Å². The highest BCUT2D eigenvalue weighted by Gasteiger charge is 2.20. The zero-order valence-corrected chi connectivity index (χ0v) is 9.62. The third-order valence-corrected chi connectivity index (χ3v) is 3.00. The number of rotatable bonds is 2. The topological polar surface area (TPSA) is 41.1 Å². The average Bonchev–Trinajstić information content (AvgIpc) is 2.30. The SMILES string of the molecule is Cc1cccc(NC(=O)C2CCNCC2)c1. The first kappa shape index (κ1) is 11.1. The summed E-state index contributed by atoms with van der Waals surface area (Å²) in [5.74, 6) is 0.328. The van der Waals surface area contributed by atoms with Gasteiger partial charge in [-0.05, 0) is 50.6 Å². The van der Waals surface area contributed by atoms with Gasteiger partial charge in [-0.2, -0.15) is 0 Å². The Labute approximate surface area is 96.2 Å². The molecule has 0 bridgehead atoms. The van der Waals surface area contributed by atoms with Crippen molar-refractivity contribution in [3.63, 3.8) is 0 Å².